The third-order valence-corrected chi connectivity index (χ3v) is 9.78. The van der Waals surface area contributed by atoms with Crippen LogP contribution in [-0.2, 0) is 33.4 Å². The van der Waals surface area contributed by atoms with Crippen molar-refractivity contribution in [3.63, 3.8) is 0 Å². The number of fused-ring (bicyclic) bond motifs is 1. The molecule has 0 aromatic heterocycles. The molecule has 0 bridgehead atoms. The van der Waals surface area contributed by atoms with Gasteiger partial charge in [-0.2, -0.15) is 0 Å². The number of piperidine rings is 1. The maximum Gasteiger partial charge on any atom is 0.408 e. The van der Waals surface area contributed by atoms with Crippen LogP contribution in [0.5, 0.6) is 0 Å². The van der Waals surface area contributed by atoms with Crippen molar-refractivity contribution in [3.05, 3.63) is 0 Å². The van der Waals surface area contributed by atoms with Crippen LogP contribution in [0, 0.1) is 29.1 Å². The first-order valence-corrected chi connectivity index (χ1v) is 16.5. The van der Waals surface area contributed by atoms with Gasteiger partial charge in [-0.05, 0) is 76.0 Å². The van der Waals surface area contributed by atoms with Gasteiger partial charge in [-0.3, -0.25) is 24.0 Å². The van der Waals surface area contributed by atoms with Gasteiger partial charge < -0.3 is 25.0 Å². The molecule has 2 N–H and O–H groups in total. The molecule has 11 nitrogen and oxygen atoms in total. The molecule has 4 aliphatic rings. The van der Waals surface area contributed by atoms with Gasteiger partial charge in [0, 0.05) is 18.9 Å². The van der Waals surface area contributed by atoms with E-state index >= 15 is 0 Å². The molecule has 1 saturated heterocycles. The molecule has 5 unspecified atom stereocenters. The van der Waals surface area contributed by atoms with Gasteiger partial charge in [-0.25, -0.2) is 4.79 Å². The average molecular weight is 618 g/mol. The number of Topliss-reactive ketones (excluding diaryl/α,β-unsaturated/α-hetero) is 2. The number of esters is 1. The molecular formula is C33H51N3O8. The quantitative estimate of drug-likeness (QED) is 0.235. The Kier molecular flexibility index (Phi) is 10.5. The minimum absolute atomic E-state index is 0.0594. The summed E-state index contributed by atoms with van der Waals surface area (Å²) in [6, 6.07) is -1.55. The van der Waals surface area contributed by atoms with Crippen LogP contribution in [0.2, 0.25) is 0 Å². The van der Waals surface area contributed by atoms with Crippen LogP contribution < -0.4 is 10.6 Å². The molecule has 44 heavy (non-hydrogen) atoms. The lowest BCUT2D eigenvalue weighted by Gasteiger charge is -2.37. The van der Waals surface area contributed by atoms with Crippen LogP contribution in [0.3, 0.4) is 0 Å². The second-order valence-corrected chi connectivity index (χ2v) is 14.8. The number of carbonyl (C=O) groups excluding carboxylic acids is 6. The maximum atomic E-state index is 14.2. The van der Waals surface area contributed by atoms with E-state index in [0.717, 1.165) is 44.9 Å². The zero-order valence-corrected chi connectivity index (χ0v) is 27.2. The van der Waals surface area contributed by atoms with E-state index in [1.165, 1.54) is 0 Å². The van der Waals surface area contributed by atoms with Crippen molar-refractivity contribution in [2.75, 3.05) is 13.1 Å². The number of amides is 3. The van der Waals surface area contributed by atoms with E-state index in [2.05, 4.69) is 24.5 Å². The number of hydrogen-bond donors (Lipinski definition) is 2. The number of ether oxygens (including phenoxy) is 2. The zero-order valence-electron chi connectivity index (χ0n) is 27.2. The molecule has 3 amide bonds. The fourth-order valence-electron chi connectivity index (χ4n) is 7.22. The Labute approximate surface area is 260 Å². The summed E-state index contributed by atoms with van der Waals surface area (Å²) in [5, 5.41) is 5.20. The Hall–Kier alpha value is -2.98. The first kappa shape index (κ1) is 33.9. The molecule has 0 aromatic rings. The molecule has 11 heteroatoms. The van der Waals surface area contributed by atoms with Crippen molar-refractivity contribution in [1.29, 1.82) is 0 Å². The predicted octanol–water partition coefficient (Wildman–Crippen LogP) is 3.71. The standard InChI is InChI=1S/C33H51N3O8/c1-7-11-20(28(39)29(40)34-17-24(38)43-21-14-15-21)16-23(37)27-25-22(33(25,5)6)18-36(27)30(41)26(19-12-9-8-10-13-19)35-31(42)44-32(2,3)4/h19-22,25-27H,7-18H2,1-6H3,(H,34,40)(H,35,42). The number of rotatable bonds is 13. The Morgan fingerprint density at radius 2 is 1.64 bits per heavy atom. The first-order chi connectivity index (χ1) is 20.6. The number of nitrogens with one attached hydrogen (secondary N) is 2. The highest BCUT2D eigenvalue weighted by Crippen LogP contribution is 2.65. The van der Waals surface area contributed by atoms with E-state index in [1.807, 2.05) is 6.92 Å². The molecule has 4 fully saturated rings. The molecule has 3 aliphatic carbocycles. The highest BCUT2D eigenvalue weighted by atomic mass is 16.6. The lowest BCUT2D eigenvalue weighted by Crippen LogP contribution is -2.57. The van der Waals surface area contributed by atoms with E-state index < -0.39 is 53.9 Å². The first-order valence-electron chi connectivity index (χ1n) is 16.5. The molecule has 0 spiro atoms. The number of carbonyl (C=O) groups is 6. The van der Waals surface area contributed by atoms with Crippen LogP contribution in [0.4, 0.5) is 4.79 Å². The second kappa shape index (κ2) is 13.6. The molecule has 0 radical (unpaired) electrons. The largest absolute Gasteiger partial charge is 0.461 e. The molecule has 246 valence electrons. The Morgan fingerprint density at radius 1 is 0.977 bits per heavy atom. The fraction of sp³-hybridized carbons (Fsp3) is 0.818. The van der Waals surface area contributed by atoms with Gasteiger partial charge in [0.15, 0.2) is 5.78 Å². The molecule has 0 aromatic carbocycles. The predicted molar refractivity (Wildman–Crippen MR) is 161 cm³/mol. The molecule has 4 rings (SSSR count). The van der Waals surface area contributed by atoms with Crippen LogP contribution in [0.1, 0.15) is 106 Å². The summed E-state index contributed by atoms with van der Waals surface area (Å²) in [6.45, 7) is 11.4. The number of hydrogen-bond acceptors (Lipinski definition) is 8. The Bertz CT molecular complexity index is 1130. The molecule has 3 saturated carbocycles. The number of likely N-dealkylation sites (tertiary alicyclic amines) is 1. The van der Waals surface area contributed by atoms with Crippen molar-refractivity contribution in [1.82, 2.24) is 15.5 Å². The molecule has 1 heterocycles. The SMILES string of the molecule is CCCC(CC(=O)C1C2C(CN1C(=O)C(NC(=O)OC(C)(C)C)C1CCCCC1)C2(C)C)C(=O)C(=O)NCC(=O)OC1CC1. The van der Waals surface area contributed by atoms with Crippen molar-refractivity contribution in [2.45, 2.75) is 130 Å². The van der Waals surface area contributed by atoms with Crippen molar-refractivity contribution in [2.24, 2.45) is 29.1 Å². The topological polar surface area (TPSA) is 148 Å². The average Bonchev–Trinajstić information content (AvgIpc) is 3.80. The minimum atomic E-state index is -0.910. The summed E-state index contributed by atoms with van der Waals surface area (Å²) < 4.78 is 10.6. The van der Waals surface area contributed by atoms with E-state index in [-0.39, 0.29) is 47.4 Å². The summed E-state index contributed by atoms with van der Waals surface area (Å²) in [5.41, 5.74) is -0.869. The van der Waals surface area contributed by atoms with Gasteiger partial charge in [0.25, 0.3) is 5.91 Å². The summed E-state index contributed by atoms with van der Waals surface area (Å²) >= 11 is 0. The summed E-state index contributed by atoms with van der Waals surface area (Å²) in [4.78, 5) is 80.5. The summed E-state index contributed by atoms with van der Waals surface area (Å²) in [7, 11) is 0. The van der Waals surface area contributed by atoms with Gasteiger partial charge in [-0.1, -0.05) is 46.5 Å². The van der Waals surface area contributed by atoms with Crippen molar-refractivity contribution < 1.29 is 38.2 Å². The van der Waals surface area contributed by atoms with E-state index in [0.29, 0.717) is 19.4 Å². The van der Waals surface area contributed by atoms with Gasteiger partial charge in [0.1, 0.15) is 24.3 Å². The van der Waals surface area contributed by atoms with Gasteiger partial charge >= 0.3 is 12.1 Å². The van der Waals surface area contributed by atoms with E-state index in [9.17, 15) is 28.8 Å². The normalized spacial score (nSPS) is 25.7. The van der Waals surface area contributed by atoms with Gasteiger partial charge in [0.2, 0.25) is 11.7 Å². The number of alkyl carbamates (subject to hydrolysis) is 1. The number of ketones is 2. The van der Waals surface area contributed by atoms with Crippen LogP contribution in [-0.4, -0.2) is 77.2 Å². The highest BCUT2D eigenvalue weighted by Gasteiger charge is 2.69. The van der Waals surface area contributed by atoms with Gasteiger partial charge in [-0.15, -0.1) is 0 Å². The van der Waals surface area contributed by atoms with Crippen LogP contribution in [0.15, 0.2) is 0 Å². The third-order valence-electron chi connectivity index (χ3n) is 9.78. The monoisotopic (exact) mass is 617 g/mol. The lowest BCUT2D eigenvalue weighted by atomic mass is 9.82. The third kappa shape index (κ3) is 8.18. The molecule has 5 atom stereocenters. The highest BCUT2D eigenvalue weighted by molar-refractivity contribution is 6.37. The van der Waals surface area contributed by atoms with Crippen molar-refractivity contribution in [3.8, 4) is 0 Å². The lowest BCUT2D eigenvalue weighted by molar-refractivity contribution is -0.147. The maximum absolute atomic E-state index is 14.2. The Balaban J connectivity index is 1.48. The van der Waals surface area contributed by atoms with Crippen LogP contribution in [0.25, 0.3) is 0 Å². The second-order valence-electron chi connectivity index (χ2n) is 14.8. The van der Waals surface area contributed by atoms with Crippen LogP contribution >= 0.6 is 0 Å². The van der Waals surface area contributed by atoms with Gasteiger partial charge in [0.05, 0.1) is 6.04 Å². The zero-order chi connectivity index (χ0) is 32.4. The van der Waals surface area contributed by atoms with Crippen molar-refractivity contribution >= 4 is 35.4 Å². The smallest absolute Gasteiger partial charge is 0.408 e. The summed E-state index contributed by atoms with van der Waals surface area (Å²) in [5.74, 6) is -3.62. The molecular weight excluding hydrogens is 566 g/mol. The summed E-state index contributed by atoms with van der Waals surface area (Å²) in [6.07, 6.45) is 6.18. The Morgan fingerprint density at radius 3 is 2.23 bits per heavy atom. The molecule has 1 aliphatic heterocycles. The van der Waals surface area contributed by atoms with E-state index in [1.54, 1.807) is 25.7 Å². The van der Waals surface area contributed by atoms with E-state index in [4.69, 9.17) is 9.47 Å². The minimum Gasteiger partial charge on any atom is -0.461 e. The fourth-order valence-corrected chi connectivity index (χ4v) is 7.22. The number of nitrogens with zero attached hydrogens (tertiary/aromatic N) is 1.